The zero-order valence-electron chi connectivity index (χ0n) is 15.7. The zero-order chi connectivity index (χ0) is 20.1. The molecule has 0 radical (unpaired) electrons. The van der Waals surface area contributed by atoms with Crippen LogP contribution in [0.1, 0.15) is 18.1 Å². The van der Waals surface area contributed by atoms with Crippen molar-refractivity contribution >= 4 is 34.6 Å². The Morgan fingerprint density at radius 2 is 2.11 bits per heavy atom. The lowest BCUT2D eigenvalue weighted by molar-refractivity contribution is -0.139. The number of nitrogens with zero attached hydrogens (tertiary/aromatic N) is 1. The van der Waals surface area contributed by atoms with Crippen molar-refractivity contribution < 1.29 is 18.7 Å². The monoisotopic (exact) mass is 397 g/mol. The highest BCUT2D eigenvalue weighted by molar-refractivity contribution is 7.99. The van der Waals surface area contributed by atoms with Crippen molar-refractivity contribution in [1.82, 2.24) is 4.98 Å². The Balaban J connectivity index is 2.12. The molecule has 1 aromatic heterocycles. The number of halogens is 1. The summed E-state index contributed by atoms with van der Waals surface area (Å²) in [4.78, 5) is 17.2. The van der Waals surface area contributed by atoms with Crippen LogP contribution in [0.5, 0.6) is 11.6 Å². The summed E-state index contributed by atoms with van der Waals surface area (Å²) in [7, 11) is 1.34. The molecule has 144 valence electrons. The maximum absolute atomic E-state index is 13.9. The molecule has 0 N–H and O–H groups in total. The summed E-state index contributed by atoms with van der Waals surface area (Å²) in [5, 5.41) is 1.33. The first-order chi connectivity index (χ1) is 13.5. The fourth-order valence-electron chi connectivity index (χ4n) is 2.90. The molecule has 0 bridgehead atoms. The van der Waals surface area contributed by atoms with Crippen LogP contribution in [0.2, 0.25) is 0 Å². The first-order valence-electron chi connectivity index (χ1n) is 8.76. The minimum absolute atomic E-state index is 0.0566. The molecular formula is C22H20FNO3S. The quantitative estimate of drug-likeness (QED) is 0.382. The van der Waals surface area contributed by atoms with E-state index in [4.69, 9.17) is 9.47 Å². The Morgan fingerprint density at radius 1 is 1.29 bits per heavy atom. The van der Waals surface area contributed by atoms with Gasteiger partial charge in [0.1, 0.15) is 11.6 Å². The van der Waals surface area contributed by atoms with Gasteiger partial charge in [0.25, 0.3) is 0 Å². The first kappa shape index (κ1) is 19.9. The molecule has 4 nitrogen and oxygen atoms in total. The van der Waals surface area contributed by atoms with Crippen LogP contribution in [0.3, 0.4) is 0 Å². The van der Waals surface area contributed by atoms with Crippen LogP contribution in [0.25, 0.3) is 16.8 Å². The SMILES string of the molecule is C=Cc1c(CC(=O)OC)cc2ccc(F)cc2c1Oc1ccc(SCC)cn1. The maximum Gasteiger partial charge on any atom is 0.310 e. The molecule has 3 aromatic rings. The molecule has 0 saturated heterocycles. The lowest BCUT2D eigenvalue weighted by atomic mass is 9.97. The molecule has 0 aliphatic rings. The van der Waals surface area contributed by atoms with E-state index in [0.717, 1.165) is 16.0 Å². The van der Waals surface area contributed by atoms with Gasteiger partial charge in [0.2, 0.25) is 5.88 Å². The lowest BCUT2D eigenvalue weighted by Gasteiger charge is -2.16. The summed E-state index contributed by atoms with van der Waals surface area (Å²) < 4.78 is 24.8. The second kappa shape index (κ2) is 8.89. The number of rotatable bonds is 7. The zero-order valence-corrected chi connectivity index (χ0v) is 16.5. The smallest absolute Gasteiger partial charge is 0.310 e. The largest absolute Gasteiger partial charge is 0.469 e. The molecule has 0 atom stereocenters. The summed E-state index contributed by atoms with van der Waals surface area (Å²) in [6, 6.07) is 9.94. The number of pyridine rings is 1. The van der Waals surface area contributed by atoms with Crippen molar-refractivity contribution in [2.75, 3.05) is 12.9 Å². The van der Waals surface area contributed by atoms with Crippen LogP contribution in [0.15, 0.2) is 54.1 Å². The Labute approximate surface area is 167 Å². The van der Waals surface area contributed by atoms with Gasteiger partial charge in [0.15, 0.2) is 0 Å². The molecule has 0 unspecified atom stereocenters. The molecule has 0 amide bonds. The second-order valence-electron chi connectivity index (χ2n) is 5.97. The van der Waals surface area contributed by atoms with Crippen LogP contribution >= 0.6 is 11.8 Å². The molecular weight excluding hydrogens is 377 g/mol. The van der Waals surface area contributed by atoms with Crippen molar-refractivity contribution in [3.8, 4) is 11.6 Å². The van der Waals surface area contributed by atoms with E-state index in [1.165, 1.54) is 19.2 Å². The molecule has 0 aliphatic carbocycles. The standard InChI is InChI=1S/C22H20FNO3S/c1-4-18-15(11-21(25)26-3)10-14-6-7-16(23)12-19(14)22(18)27-20-9-8-17(13-24-20)28-5-2/h4,6-10,12-13H,1,5,11H2,2-3H3. The van der Waals surface area contributed by atoms with Crippen molar-refractivity contribution in [2.24, 2.45) is 0 Å². The number of hydrogen-bond acceptors (Lipinski definition) is 5. The molecule has 1 heterocycles. The third-order valence-corrected chi connectivity index (χ3v) is 5.04. The van der Waals surface area contributed by atoms with Crippen LogP contribution in [-0.4, -0.2) is 23.8 Å². The minimum Gasteiger partial charge on any atom is -0.469 e. The van der Waals surface area contributed by atoms with Gasteiger partial charge in [-0.15, -0.1) is 11.8 Å². The summed E-state index contributed by atoms with van der Waals surface area (Å²) in [5.41, 5.74) is 1.30. The van der Waals surface area contributed by atoms with Gasteiger partial charge in [-0.2, -0.15) is 0 Å². The molecule has 2 aromatic carbocycles. The average Bonchev–Trinajstić information content (AvgIpc) is 2.70. The summed E-state index contributed by atoms with van der Waals surface area (Å²) in [6.45, 7) is 5.91. The fraction of sp³-hybridized carbons (Fsp3) is 0.182. The van der Waals surface area contributed by atoms with Crippen molar-refractivity contribution in [2.45, 2.75) is 18.2 Å². The van der Waals surface area contributed by atoms with E-state index in [0.29, 0.717) is 28.1 Å². The van der Waals surface area contributed by atoms with Gasteiger partial charge in [-0.3, -0.25) is 4.79 Å². The van der Waals surface area contributed by atoms with Crippen molar-refractivity contribution in [3.05, 3.63) is 66.1 Å². The minimum atomic E-state index is -0.380. The van der Waals surface area contributed by atoms with Crippen molar-refractivity contribution in [3.63, 3.8) is 0 Å². The Bertz CT molecular complexity index is 1020. The number of carbonyl (C=O) groups is 1. The van der Waals surface area contributed by atoms with Crippen LogP contribution in [0, 0.1) is 5.82 Å². The number of methoxy groups -OCH3 is 1. The molecule has 0 fully saturated rings. The van der Waals surface area contributed by atoms with Crippen molar-refractivity contribution in [1.29, 1.82) is 0 Å². The van der Waals surface area contributed by atoms with Gasteiger partial charge in [-0.25, -0.2) is 9.37 Å². The average molecular weight is 397 g/mol. The number of esters is 1. The van der Waals surface area contributed by atoms with E-state index in [1.54, 1.807) is 36.2 Å². The Morgan fingerprint density at radius 3 is 2.75 bits per heavy atom. The number of fused-ring (bicyclic) bond motifs is 1. The Hall–Kier alpha value is -2.86. The first-order valence-corrected chi connectivity index (χ1v) is 9.75. The summed E-state index contributed by atoms with van der Waals surface area (Å²) in [5.74, 6) is 0.978. The highest BCUT2D eigenvalue weighted by atomic mass is 32.2. The predicted molar refractivity (Wildman–Crippen MR) is 110 cm³/mol. The number of benzene rings is 2. The van der Waals surface area contributed by atoms with E-state index >= 15 is 0 Å². The normalized spacial score (nSPS) is 10.7. The van der Waals surface area contributed by atoms with Gasteiger partial charge in [0, 0.05) is 28.1 Å². The second-order valence-corrected chi connectivity index (χ2v) is 7.31. The van der Waals surface area contributed by atoms with E-state index in [1.807, 2.05) is 12.1 Å². The maximum atomic E-state index is 13.9. The number of ether oxygens (including phenoxy) is 2. The van der Waals surface area contributed by atoms with E-state index in [-0.39, 0.29) is 18.2 Å². The number of hydrogen-bond donors (Lipinski definition) is 0. The lowest BCUT2D eigenvalue weighted by Crippen LogP contribution is -2.07. The molecule has 6 heteroatoms. The van der Waals surface area contributed by atoms with Gasteiger partial charge < -0.3 is 9.47 Å². The molecule has 28 heavy (non-hydrogen) atoms. The number of aromatic nitrogens is 1. The summed E-state index contributed by atoms with van der Waals surface area (Å²) in [6.07, 6.45) is 3.39. The Kier molecular flexibility index (Phi) is 6.31. The molecule has 3 rings (SSSR count). The van der Waals surface area contributed by atoms with E-state index in [9.17, 15) is 9.18 Å². The van der Waals surface area contributed by atoms with Crippen LogP contribution < -0.4 is 4.74 Å². The van der Waals surface area contributed by atoms with Gasteiger partial charge >= 0.3 is 5.97 Å². The predicted octanol–water partition coefficient (Wildman–Crippen LogP) is 5.64. The van der Waals surface area contributed by atoms with Gasteiger partial charge in [0.05, 0.1) is 13.5 Å². The van der Waals surface area contributed by atoms with E-state index in [2.05, 4.69) is 18.5 Å². The molecule has 0 spiro atoms. The highest BCUT2D eigenvalue weighted by Gasteiger charge is 2.17. The van der Waals surface area contributed by atoms with Crippen LogP contribution in [-0.2, 0) is 16.0 Å². The number of thioether (sulfide) groups is 1. The summed E-state index contributed by atoms with van der Waals surface area (Å²) >= 11 is 1.68. The number of carbonyl (C=O) groups excluding carboxylic acids is 1. The molecule has 0 saturated carbocycles. The molecule has 0 aliphatic heterocycles. The topological polar surface area (TPSA) is 48.4 Å². The van der Waals surface area contributed by atoms with E-state index < -0.39 is 0 Å². The highest BCUT2D eigenvalue weighted by Crippen LogP contribution is 2.37. The van der Waals surface area contributed by atoms with Gasteiger partial charge in [-0.05, 0) is 41.0 Å². The van der Waals surface area contributed by atoms with Crippen LogP contribution in [0.4, 0.5) is 4.39 Å². The third kappa shape index (κ3) is 4.34. The fourth-order valence-corrected chi connectivity index (χ4v) is 3.52. The third-order valence-electron chi connectivity index (χ3n) is 4.17. The van der Waals surface area contributed by atoms with Gasteiger partial charge in [-0.1, -0.05) is 25.6 Å².